The van der Waals surface area contributed by atoms with Crippen molar-refractivity contribution in [2.24, 2.45) is 10.9 Å². The highest BCUT2D eigenvalue weighted by Gasteiger charge is 2.18. The Bertz CT molecular complexity index is 615. The summed E-state index contributed by atoms with van der Waals surface area (Å²) in [4.78, 5) is 19.2. The van der Waals surface area contributed by atoms with Gasteiger partial charge in [0.25, 0.3) is 5.91 Å². The van der Waals surface area contributed by atoms with E-state index in [1.807, 2.05) is 31.2 Å². The fraction of sp³-hybridized carbons (Fsp3) is 0.556. The van der Waals surface area contributed by atoms with Crippen LogP contribution in [0.25, 0.3) is 0 Å². The highest BCUT2D eigenvalue weighted by atomic mass is 16.6. The Kier molecular flexibility index (Phi) is 7.68. The molecule has 26 heavy (non-hydrogen) atoms. The summed E-state index contributed by atoms with van der Waals surface area (Å²) in [6.07, 6.45) is 1.24. The van der Waals surface area contributed by atoms with E-state index in [1.54, 1.807) is 7.11 Å². The summed E-state index contributed by atoms with van der Waals surface area (Å²) in [5.74, 6) is 0.739. The zero-order valence-electron chi connectivity index (χ0n) is 15.4. The summed E-state index contributed by atoms with van der Waals surface area (Å²) in [7, 11) is 1.59. The van der Waals surface area contributed by atoms with E-state index in [4.69, 9.17) is 15.3 Å². The second kappa shape index (κ2) is 9.98. The van der Waals surface area contributed by atoms with Gasteiger partial charge in [0, 0.05) is 18.7 Å². The third-order valence-electron chi connectivity index (χ3n) is 4.30. The molecule has 1 aliphatic rings. The first-order valence-electron chi connectivity index (χ1n) is 8.76. The van der Waals surface area contributed by atoms with Crippen LogP contribution in [0.2, 0.25) is 0 Å². The number of rotatable bonds is 8. The molecular weight excluding hydrogens is 336 g/mol. The Hall–Kier alpha value is -2.32. The molecule has 0 radical (unpaired) electrons. The highest BCUT2D eigenvalue weighted by Crippen LogP contribution is 2.24. The number of methoxy groups -OCH3 is 1. The number of carbonyl (C=O) groups is 1. The monoisotopic (exact) mass is 364 g/mol. The first-order chi connectivity index (χ1) is 12.5. The van der Waals surface area contributed by atoms with Crippen molar-refractivity contribution in [2.75, 3.05) is 33.4 Å². The van der Waals surface area contributed by atoms with E-state index in [1.165, 1.54) is 0 Å². The van der Waals surface area contributed by atoms with E-state index >= 15 is 0 Å². The van der Waals surface area contributed by atoms with Gasteiger partial charge in [0.1, 0.15) is 5.75 Å². The second-order valence-corrected chi connectivity index (χ2v) is 6.39. The molecule has 8 heteroatoms. The third kappa shape index (κ3) is 6.20. The number of nitrogens with two attached hydrogens (primary N) is 1. The molecule has 1 aliphatic heterocycles. The number of hydrogen-bond donors (Lipinski definition) is 3. The zero-order chi connectivity index (χ0) is 18.9. The van der Waals surface area contributed by atoms with Gasteiger partial charge in [-0.25, -0.2) is 0 Å². The highest BCUT2D eigenvalue weighted by molar-refractivity contribution is 5.82. The van der Waals surface area contributed by atoms with Crippen molar-refractivity contribution in [1.82, 2.24) is 10.2 Å². The minimum atomic E-state index is -0.291. The average molecular weight is 364 g/mol. The number of benzene rings is 1. The SMILES string of the molecule is COc1ccccc1C(C)NC(=O)CON=C(N)CN1CCC(O)CC1. The van der Waals surface area contributed by atoms with Gasteiger partial charge in [0.15, 0.2) is 12.4 Å². The third-order valence-corrected chi connectivity index (χ3v) is 4.30. The Morgan fingerprint density at radius 2 is 2.12 bits per heavy atom. The van der Waals surface area contributed by atoms with Gasteiger partial charge in [0.05, 0.1) is 25.8 Å². The van der Waals surface area contributed by atoms with Crippen molar-refractivity contribution in [3.05, 3.63) is 29.8 Å². The minimum Gasteiger partial charge on any atom is -0.496 e. The molecule has 0 aromatic heterocycles. The summed E-state index contributed by atoms with van der Waals surface area (Å²) in [6.45, 7) is 3.67. The minimum absolute atomic E-state index is 0.209. The van der Waals surface area contributed by atoms with Gasteiger partial charge in [-0.05, 0) is 25.8 Å². The second-order valence-electron chi connectivity index (χ2n) is 6.39. The topological polar surface area (TPSA) is 109 Å². The zero-order valence-corrected chi connectivity index (χ0v) is 15.4. The Labute approximate surface area is 153 Å². The lowest BCUT2D eigenvalue weighted by atomic mass is 10.1. The molecule has 1 atom stereocenters. The molecule has 0 spiro atoms. The van der Waals surface area contributed by atoms with Crippen molar-refractivity contribution >= 4 is 11.7 Å². The van der Waals surface area contributed by atoms with Gasteiger partial charge in [-0.15, -0.1) is 0 Å². The molecule has 0 aliphatic carbocycles. The number of hydrogen-bond acceptors (Lipinski definition) is 6. The fourth-order valence-electron chi connectivity index (χ4n) is 2.89. The Morgan fingerprint density at radius 1 is 1.42 bits per heavy atom. The lowest BCUT2D eigenvalue weighted by molar-refractivity contribution is -0.126. The molecule has 2 rings (SSSR count). The van der Waals surface area contributed by atoms with Crippen LogP contribution in [-0.2, 0) is 9.63 Å². The molecule has 1 saturated heterocycles. The van der Waals surface area contributed by atoms with Crippen LogP contribution in [0.5, 0.6) is 5.75 Å². The van der Waals surface area contributed by atoms with Crippen molar-refractivity contribution in [2.45, 2.75) is 31.9 Å². The van der Waals surface area contributed by atoms with Gasteiger partial charge in [0.2, 0.25) is 0 Å². The van der Waals surface area contributed by atoms with E-state index < -0.39 is 0 Å². The molecule has 0 saturated carbocycles. The van der Waals surface area contributed by atoms with Gasteiger partial charge in [-0.3, -0.25) is 9.69 Å². The van der Waals surface area contributed by atoms with E-state index in [0.717, 1.165) is 37.2 Å². The molecular formula is C18H28N4O4. The van der Waals surface area contributed by atoms with Crippen molar-refractivity contribution in [3.8, 4) is 5.75 Å². The fourth-order valence-corrected chi connectivity index (χ4v) is 2.89. The van der Waals surface area contributed by atoms with Crippen LogP contribution >= 0.6 is 0 Å². The Balaban J connectivity index is 1.74. The lowest BCUT2D eigenvalue weighted by Crippen LogP contribution is -2.41. The predicted octanol–water partition coefficient (Wildman–Crippen LogP) is 0.618. The Morgan fingerprint density at radius 3 is 2.81 bits per heavy atom. The van der Waals surface area contributed by atoms with Crippen molar-refractivity contribution in [3.63, 3.8) is 0 Å². The standard InChI is InChI=1S/C18H28N4O4/c1-13(15-5-3-4-6-16(15)25-2)20-18(24)12-26-21-17(19)11-22-9-7-14(23)8-10-22/h3-6,13-14,23H,7-12H2,1-2H3,(H2,19,21)(H,20,24). The van der Waals surface area contributed by atoms with Crippen LogP contribution in [0, 0.1) is 0 Å². The van der Waals surface area contributed by atoms with Gasteiger partial charge in [-0.2, -0.15) is 0 Å². The quantitative estimate of drug-likeness (QED) is 0.354. The van der Waals surface area contributed by atoms with Gasteiger partial charge in [-0.1, -0.05) is 23.4 Å². The van der Waals surface area contributed by atoms with Crippen LogP contribution in [0.4, 0.5) is 0 Å². The number of oxime groups is 1. The molecule has 144 valence electrons. The molecule has 0 bridgehead atoms. The number of carbonyl (C=O) groups excluding carboxylic acids is 1. The summed E-state index contributed by atoms with van der Waals surface area (Å²) in [6, 6.07) is 7.29. The molecule has 1 aromatic rings. The van der Waals surface area contributed by atoms with Crippen LogP contribution in [0.15, 0.2) is 29.4 Å². The number of amidine groups is 1. The predicted molar refractivity (Wildman–Crippen MR) is 98.8 cm³/mol. The van der Waals surface area contributed by atoms with Crippen LogP contribution in [-0.4, -0.2) is 61.2 Å². The van der Waals surface area contributed by atoms with E-state index in [2.05, 4.69) is 15.4 Å². The van der Waals surface area contributed by atoms with Crippen LogP contribution in [0.1, 0.15) is 31.4 Å². The molecule has 1 heterocycles. The number of nitrogens with one attached hydrogen (secondary N) is 1. The summed E-state index contributed by atoms with van der Waals surface area (Å²) >= 11 is 0. The maximum atomic E-state index is 12.0. The number of likely N-dealkylation sites (tertiary alicyclic amines) is 1. The molecule has 1 unspecified atom stereocenters. The number of amides is 1. The molecule has 1 fully saturated rings. The van der Waals surface area contributed by atoms with Crippen molar-refractivity contribution < 1.29 is 19.5 Å². The molecule has 1 aromatic carbocycles. The molecule has 8 nitrogen and oxygen atoms in total. The lowest BCUT2D eigenvalue weighted by Gasteiger charge is -2.28. The van der Waals surface area contributed by atoms with Gasteiger partial charge >= 0.3 is 0 Å². The number of para-hydroxylation sites is 1. The summed E-state index contributed by atoms with van der Waals surface area (Å²) < 4.78 is 5.30. The normalized spacial score (nSPS) is 17.6. The summed E-state index contributed by atoms with van der Waals surface area (Å²) in [5.41, 5.74) is 6.72. The maximum Gasteiger partial charge on any atom is 0.261 e. The molecule has 4 N–H and O–H groups in total. The van der Waals surface area contributed by atoms with E-state index in [9.17, 15) is 9.90 Å². The van der Waals surface area contributed by atoms with Gasteiger partial charge < -0.3 is 25.7 Å². The number of piperidine rings is 1. The van der Waals surface area contributed by atoms with Crippen molar-refractivity contribution in [1.29, 1.82) is 0 Å². The average Bonchev–Trinajstić information content (AvgIpc) is 2.63. The molecule has 1 amide bonds. The van der Waals surface area contributed by atoms with Crippen LogP contribution < -0.4 is 15.8 Å². The largest absolute Gasteiger partial charge is 0.496 e. The van der Waals surface area contributed by atoms with E-state index in [0.29, 0.717) is 12.4 Å². The maximum absolute atomic E-state index is 12.0. The first kappa shape index (κ1) is 20.0. The van der Waals surface area contributed by atoms with E-state index in [-0.39, 0.29) is 24.7 Å². The number of aliphatic hydroxyl groups is 1. The number of nitrogens with zero attached hydrogens (tertiary/aromatic N) is 2. The summed E-state index contributed by atoms with van der Waals surface area (Å²) in [5, 5.41) is 16.1. The van der Waals surface area contributed by atoms with Crippen LogP contribution in [0.3, 0.4) is 0 Å². The first-order valence-corrected chi connectivity index (χ1v) is 8.76. The number of ether oxygens (including phenoxy) is 1. The number of aliphatic hydroxyl groups excluding tert-OH is 1. The smallest absolute Gasteiger partial charge is 0.261 e.